The SMILES string of the molecule is Cc1ccc(-c2c(NS(=O)(=O)c3ccc(C(C)(C)C)cc3)ncnc2OCCOc2ccc([N+](=O)[O-])cn2)cc1. The molecule has 0 amide bonds. The zero-order valence-electron chi connectivity index (χ0n) is 22.5. The van der Waals surface area contributed by atoms with E-state index in [1.165, 1.54) is 18.5 Å². The Hall–Kier alpha value is -4.58. The number of ether oxygens (including phenoxy) is 2. The van der Waals surface area contributed by atoms with E-state index in [-0.39, 0.29) is 46.8 Å². The number of nitro groups is 1. The first-order valence-corrected chi connectivity index (χ1v) is 13.8. The first kappa shape index (κ1) is 28.4. The number of aromatic nitrogens is 3. The van der Waals surface area contributed by atoms with E-state index < -0.39 is 14.9 Å². The summed E-state index contributed by atoms with van der Waals surface area (Å²) in [5.41, 5.74) is 2.79. The number of anilines is 1. The van der Waals surface area contributed by atoms with Crippen LogP contribution < -0.4 is 14.2 Å². The molecule has 1 N–H and O–H groups in total. The Morgan fingerprint density at radius 1 is 0.900 bits per heavy atom. The highest BCUT2D eigenvalue weighted by molar-refractivity contribution is 7.92. The number of sulfonamides is 1. The molecule has 0 fully saturated rings. The second-order valence-corrected chi connectivity index (χ2v) is 11.6. The second kappa shape index (κ2) is 11.7. The van der Waals surface area contributed by atoms with Crippen molar-refractivity contribution in [1.82, 2.24) is 15.0 Å². The minimum absolute atomic E-state index is 0.0367. The van der Waals surface area contributed by atoms with E-state index in [0.29, 0.717) is 11.1 Å². The molecule has 0 atom stereocenters. The molecule has 12 heteroatoms. The number of pyridine rings is 1. The molecule has 0 saturated heterocycles. The van der Waals surface area contributed by atoms with Gasteiger partial charge < -0.3 is 9.47 Å². The van der Waals surface area contributed by atoms with Gasteiger partial charge in [0.15, 0.2) is 5.82 Å². The van der Waals surface area contributed by atoms with Gasteiger partial charge in [-0.05, 0) is 35.6 Å². The molecule has 0 aliphatic carbocycles. The lowest BCUT2D eigenvalue weighted by Crippen LogP contribution is -2.17. The van der Waals surface area contributed by atoms with Crippen LogP contribution in [0.15, 0.2) is 78.1 Å². The molecule has 0 aliphatic rings. The number of benzene rings is 2. The van der Waals surface area contributed by atoms with Gasteiger partial charge in [-0.25, -0.2) is 23.4 Å². The average molecular weight is 564 g/mol. The van der Waals surface area contributed by atoms with Crippen LogP contribution in [0.3, 0.4) is 0 Å². The van der Waals surface area contributed by atoms with Crippen molar-refractivity contribution in [2.75, 3.05) is 17.9 Å². The van der Waals surface area contributed by atoms with Gasteiger partial charge in [-0.2, -0.15) is 0 Å². The summed E-state index contributed by atoms with van der Waals surface area (Å²) < 4.78 is 40.6. The third-order valence-corrected chi connectivity index (χ3v) is 7.27. The van der Waals surface area contributed by atoms with Crippen LogP contribution in [0.25, 0.3) is 11.1 Å². The van der Waals surface area contributed by atoms with Gasteiger partial charge in [0, 0.05) is 12.1 Å². The van der Waals surface area contributed by atoms with Gasteiger partial charge in [-0.3, -0.25) is 14.8 Å². The molecule has 4 rings (SSSR count). The summed E-state index contributed by atoms with van der Waals surface area (Å²) in [6, 6.07) is 16.8. The van der Waals surface area contributed by atoms with Crippen LogP contribution in [0.2, 0.25) is 0 Å². The van der Waals surface area contributed by atoms with Crippen molar-refractivity contribution in [3.8, 4) is 22.9 Å². The maximum absolute atomic E-state index is 13.3. The maximum Gasteiger partial charge on any atom is 0.287 e. The molecule has 0 aliphatic heterocycles. The van der Waals surface area contributed by atoms with E-state index in [1.807, 2.05) is 31.2 Å². The lowest BCUT2D eigenvalue weighted by atomic mass is 9.87. The Kier molecular flexibility index (Phi) is 8.29. The first-order valence-electron chi connectivity index (χ1n) is 12.4. The molecule has 0 radical (unpaired) electrons. The van der Waals surface area contributed by atoms with Crippen LogP contribution in [0.5, 0.6) is 11.8 Å². The van der Waals surface area contributed by atoms with Crippen molar-refractivity contribution < 1.29 is 22.8 Å². The van der Waals surface area contributed by atoms with Crippen molar-refractivity contribution in [2.24, 2.45) is 0 Å². The average Bonchev–Trinajstić information content (AvgIpc) is 2.91. The minimum Gasteiger partial charge on any atom is -0.474 e. The summed E-state index contributed by atoms with van der Waals surface area (Å²) >= 11 is 0. The molecular formula is C28H29N5O6S. The van der Waals surface area contributed by atoms with Crippen LogP contribution in [-0.2, 0) is 15.4 Å². The maximum atomic E-state index is 13.3. The number of rotatable bonds is 10. The van der Waals surface area contributed by atoms with E-state index in [2.05, 4.69) is 40.4 Å². The molecule has 4 aromatic rings. The molecular weight excluding hydrogens is 534 g/mol. The van der Waals surface area contributed by atoms with Crippen LogP contribution in [0.1, 0.15) is 31.9 Å². The minimum atomic E-state index is -3.98. The van der Waals surface area contributed by atoms with Crippen molar-refractivity contribution in [2.45, 2.75) is 38.0 Å². The van der Waals surface area contributed by atoms with Crippen molar-refractivity contribution in [3.63, 3.8) is 0 Å². The summed E-state index contributed by atoms with van der Waals surface area (Å²) in [7, 11) is -3.98. The van der Waals surface area contributed by atoms with Crippen molar-refractivity contribution in [1.29, 1.82) is 0 Å². The number of hydrogen-bond donors (Lipinski definition) is 1. The van der Waals surface area contributed by atoms with Gasteiger partial charge in [-0.1, -0.05) is 62.7 Å². The molecule has 2 aromatic carbocycles. The molecule has 0 bridgehead atoms. The lowest BCUT2D eigenvalue weighted by Gasteiger charge is -2.19. The highest BCUT2D eigenvalue weighted by Crippen LogP contribution is 2.35. The third kappa shape index (κ3) is 6.89. The molecule has 0 spiro atoms. The summed E-state index contributed by atoms with van der Waals surface area (Å²) in [5.74, 6) is 0.410. The summed E-state index contributed by atoms with van der Waals surface area (Å²) in [6.45, 7) is 8.20. The predicted molar refractivity (Wildman–Crippen MR) is 150 cm³/mol. The van der Waals surface area contributed by atoms with Gasteiger partial charge in [-0.15, -0.1) is 0 Å². The number of hydrogen-bond acceptors (Lipinski definition) is 9. The predicted octanol–water partition coefficient (Wildman–Crippen LogP) is 5.31. The molecule has 208 valence electrons. The Bertz CT molecular complexity index is 1580. The zero-order valence-corrected chi connectivity index (χ0v) is 23.3. The Morgan fingerprint density at radius 3 is 2.17 bits per heavy atom. The molecule has 2 heterocycles. The van der Waals surface area contributed by atoms with Crippen LogP contribution in [-0.4, -0.2) is 41.5 Å². The van der Waals surface area contributed by atoms with E-state index in [0.717, 1.165) is 17.3 Å². The third-order valence-electron chi connectivity index (χ3n) is 5.92. The van der Waals surface area contributed by atoms with Gasteiger partial charge in [0.25, 0.3) is 15.7 Å². The molecule has 2 aromatic heterocycles. The normalized spacial score (nSPS) is 11.6. The van der Waals surface area contributed by atoms with E-state index in [9.17, 15) is 18.5 Å². The fourth-order valence-corrected chi connectivity index (χ4v) is 4.73. The van der Waals surface area contributed by atoms with Gasteiger partial charge in [0.1, 0.15) is 25.7 Å². The Morgan fingerprint density at radius 2 is 1.57 bits per heavy atom. The summed E-state index contributed by atoms with van der Waals surface area (Å²) in [6.07, 6.45) is 2.32. The molecule has 0 unspecified atom stereocenters. The quantitative estimate of drug-likeness (QED) is 0.154. The second-order valence-electron chi connectivity index (χ2n) is 9.96. The molecule has 40 heavy (non-hydrogen) atoms. The lowest BCUT2D eigenvalue weighted by molar-refractivity contribution is -0.385. The Balaban J connectivity index is 1.57. The smallest absolute Gasteiger partial charge is 0.287 e. The molecule has 0 saturated carbocycles. The zero-order chi connectivity index (χ0) is 28.9. The largest absolute Gasteiger partial charge is 0.474 e. The Labute approximate surface area is 232 Å². The van der Waals surface area contributed by atoms with Gasteiger partial charge in [0.2, 0.25) is 11.8 Å². The van der Waals surface area contributed by atoms with Gasteiger partial charge in [0.05, 0.1) is 15.4 Å². The van der Waals surface area contributed by atoms with Crippen molar-refractivity contribution >= 4 is 21.5 Å². The van der Waals surface area contributed by atoms with E-state index >= 15 is 0 Å². The number of nitrogens with zero attached hydrogens (tertiary/aromatic N) is 4. The van der Waals surface area contributed by atoms with Crippen LogP contribution in [0.4, 0.5) is 11.5 Å². The fourth-order valence-electron chi connectivity index (χ4n) is 3.71. The monoisotopic (exact) mass is 563 g/mol. The van der Waals surface area contributed by atoms with E-state index in [4.69, 9.17) is 9.47 Å². The number of nitrogens with one attached hydrogen (secondary N) is 1. The van der Waals surface area contributed by atoms with Crippen LogP contribution >= 0.6 is 0 Å². The van der Waals surface area contributed by atoms with Crippen LogP contribution in [0, 0.1) is 17.0 Å². The van der Waals surface area contributed by atoms with Crippen molar-refractivity contribution in [3.05, 3.63) is 94.4 Å². The molecule has 11 nitrogen and oxygen atoms in total. The first-order chi connectivity index (χ1) is 18.9. The van der Waals surface area contributed by atoms with Gasteiger partial charge >= 0.3 is 0 Å². The standard InChI is InChI=1S/C28H29N5O6S/c1-19-5-7-20(8-6-19)25-26(32-40(36,37)23-12-9-21(10-13-23)28(2,3)4)30-18-31-27(25)39-16-15-38-24-14-11-22(17-29-24)33(34)35/h5-14,17-18H,15-16H2,1-4H3,(H,30,31,32). The van der Waals surface area contributed by atoms with E-state index in [1.54, 1.807) is 24.3 Å². The summed E-state index contributed by atoms with van der Waals surface area (Å²) in [5, 5.41) is 10.8. The highest BCUT2D eigenvalue weighted by Gasteiger charge is 2.22. The summed E-state index contributed by atoms with van der Waals surface area (Å²) in [4.78, 5) is 22.7. The fraction of sp³-hybridized carbons (Fsp3) is 0.250. The number of aryl methyl sites for hydroxylation is 1. The topological polar surface area (TPSA) is 146 Å². The highest BCUT2D eigenvalue weighted by atomic mass is 32.2.